The molecule has 0 aromatic carbocycles. The van der Waals surface area contributed by atoms with Crippen LogP contribution in [0.15, 0.2) is 0 Å². The molecule has 2 aliphatic heterocycles. The first kappa shape index (κ1) is 27.4. The van der Waals surface area contributed by atoms with E-state index in [0.717, 1.165) is 51.6 Å². The van der Waals surface area contributed by atoms with Gasteiger partial charge in [0.15, 0.2) is 0 Å². The van der Waals surface area contributed by atoms with Crippen molar-refractivity contribution in [3.63, 3.8) is 0 Å². The second-order valence-corrected chi connectivity index (χ2v) is 7.66. The molecule has 2 heterocycles. The van der Waals surface area contributed by atoms with E-state index in [2.05, 4.69) is 10.6 Å². The number of halogens is 2. The van der Waals surface area contributed by atoms with Crippen molar-refractivity contribution in [3.8, 4) is 0 Å². The summed E-state index contributed by atoms with van der Waals surface area (Å²) in [6.07, 6.45) is 10.3. The average molecular weight is 441 g/mol. The van der Waals surface area contributed by atoms with E-state index in [-0.39, 0.29) is 60.7 Å². The van der Waals surface area contributed by atoms with E-state index in [1.165, 1.54) is 39.9 Å². The molecule has 2 saturated heterocycles. The van der Waals surface area contributed by atoms with E-state index in [1.807, 2.05) is 0 Å². The van der Waals surface area contributed by atoms with Crippen LogP contribution in [0.1, 0.15) is 64.2 Å². The monoisotopic (exact) mass is 440 g/mol. The Hall–Kier alpha value is -0.560. The summed E-state index contributed by atoms with van der Waals surface area (Å²) in [6, 6.07) is 0.459. The molecule has 0 aromatic heterocycles. The molecule has 2 N–H and O–H groups in total. The van der Waals surface area contributed by atoms with Crippen molar-refractivity contribution < 1.29 is 19.1 Å². The molecule has 166 valence electrons. The molecule has 4 atom stereocenters. The summed E-state index contributed by atoms with van der Waals surface area (Å²) in [5.74, 6) is -0.375. The number of nitrogens with one attached hydrogen (secondary N) is 2. The van der Waals surface area contributed by atoms with Crippen molar-refractivity contribution in [3.05, 3.63) is 0 Å². The quantitative estimate of drug-likeness (QED) is 0.423. The van der Waals surface area contributed by atoms with Gasteiger partial charge in [0.05, 0.1) is 26.1 Å². The Morgan fingerprint density at radius 1 is 0.786 bits per heavy atom. The molecule has 28 heavy (non-hydrogen) atoms. The van der Waals surface area contributed by atoms with Crippen LogP contribution >= 0.6 is 24.8 Å². The molecule has 4 unspecified atom stereocenters. The Labute approximate surface area is 182 Å². The molecular weight excluding hydrogens is 403 g/mol. The predicted molar refractivity (Wildman–Crippen MR) is 115 cm³/mol. The van der Waals surface area contributed by atoms with Gasteiger partial charge < -0.3 is 20.1 Å². The zero-order valence-corrected chi connectivity index (χ0v) is 18.9. The third-order valence-corrected chi connectivity index (χ3v) is 5.96. The van der Waals surface area contributed by atoms with E-state index in [1.54, 1.807) is 0 Å². The molecule has 0 bridgehead atoms. The van der Waals surface area contributed by atoms with E-state index >= 15 is 0 Å². The maximum Gasteiger partial charge on any atom is 0.310 e. The van der Waals surface area contributed by atoms with Crippen LogP contribution in [0, 0.1) is 11.8 Å². The number of hydrogen-bond donors (Lipinski definition) is 2. The van der Waals surface area contributed by atoms with Crippen LogP contribution in [0.25, 0.3) is 0 Å². The van der Waals surface area contributed by atoms with Crippen LogP contribution < -0.4 is 10.6 Å². The van der Waals surface area contributed by atoms with Gasteiger partial charge in [0.1, 0.15) is 0 Å². The lowest BCUT2D eigenvalue weighted by Gasteiger charge is -2.31. The molecule has 2 rings (SSSR count). The summed E-state index contributed by atoms with van der Waals surface area (Å²) in [5.41, 5.74) is 0. The lowest BCUT2D eigenvalue weighted by atomic mass is 9.85. The normalized spacial score (nSPS) is 24.1. The minimum atomic E-state index is -0.108. The van der Waals surface area contributed by atoms with Crippen LogP contribution in [-0.2, 0) is 19.1 Å². The second kappa shape index (κ2) is 15.3. The Bertz CT molecular complexity index is 402. The Kier molecular flexibility index (Phi) is 15.0. The molecule has 0 aromatic rings. The standard InChI is InChI=1S/C20H36N2O4.2ClH/c1-25-19(23)15(17-11-5-7-13-21-17)9-3-4-10-16(20(24)26-2)18-12-6-8-14-22-18;;/h15-18,21-22H,3-14H2,1-2H3;2*1H. The average Bonchev–Trinajstić information content (AvgIpc) is 2.71. The number of carbonyl (C=O) groups excluding carboxylic acids is 2. The molecular formula is C20H38Cl2N2O4. The fourth-order valence-electron chi connectivity index (χ4n) is 4.44. The zero-order valence-electron chi connectivity index (χ0n) is 17.2. The molecule has 6 nitrogen and oxygen atoms in total. The van der Waals surface area contributed by atoms with Crippen LogP contribution in [0.2, 0.25) is 0 Å². The highest BCUT2D eigenvalue weighted by atomic mass is 35.5. The highest BCUT2D eigenvalue weighted by molar-refractivity contribution is 5.85. The molecule has 8 heteroatoms. The summed E-state index contributed by atoms with van der Waals surface area (Å²) < 4.78 is 10.1. The van der Waals surface area contributed by atoms with Crippen molar-refractivity contribution in [2.75, 3.05) is 27.3 Å². The van der Waals surface area contributed by atoms with Gasteiger partial charge in [0, 0.05) is 12.1 Å². The molecule has 2 fully saturated rings. The van der Waals surface area contributed by atoms with Crippen LogP contribution in [0.3, 0.4) is 0 Å². The van der Waals surface area contributed by atoms with Gasteiger partial charge in [-0.05, 0) is 51.6 Å². The summed E-state index contributed by atoms with van der Waals surface area (Å²) in [7, 11) is 2.94. The van der Waals surface area contributed by atoms with Gasteiger partial charge >= 0.3 is 11.9 Å². The molecule has 0 aliphatic carbocycles. The maximum absolute atomic E-state index is 12.2. The molecule has 0 amide bonds. The predicted octanol–water partition coefficient (Wildman–Crippen LogP) is 3.25. The minimum absolute atomic E-state index is 0. The number of esters is 2. The van der Waals surface area contributed by atoms with Crippen molar-refractivity contribution in [1.82, 2.24) is 10.6 Å². The number of methoxy groups -OCH3 is 2. The Morgan fingerprint density at radius 3 is 1.46 bits per heavy atom. The Morgan fingerprint density at radius 2 is 1.18 bits per heavy atom. The zero-order chi connectivity index (χ0) is 18.8. The van der Waals surface area contributed by atoms with Gasteiger partial charge in [0.25, 0.3) is 0 Å². The van der Waals surface area contributed by atoms with E-state index in [4.69, 9.17) is 9.47 Å². The minimum Gasteiger partial charge on any atom is -0.469 e. The fraction of sp³-hybridized carbons (Fsp3) is 0.900. The van der Waals surface area contributed by atoms with E-state index < -0.39 is 0 Å². The van der Waals surface area contributed by atoms with Crippen molar-refractivity contribution in [2.45, 2.75) is 76.3 Å². The summed E-state index contributed by atoms with van der Waals surface area (Å²) >= 11 is 0. The van der Waals surface area contributed by atoms with Gasteiger partial charge in [0.2, 0.25) is 0 Å². The first-order chi connectivity index (χ1) is 12.7. The van der Waals surface area contributed by atoms with Gasteiger partial charge in [-0.2, -0.15) is 0 Å². The van der Waals surface area contributed by atoms with Gasteiger partial charge in [-0.1, -0.05) is 25.7 Å². The van der Waals surface area contributed by atoms with Crippen LogP contribution in [0.5, 0.6) is 0 Å². The number of unbranched alkanes of at least 4 members (excludes halogenated alkanes) is 1. The smallest absolute Gasteiger partial charge is 0.310 e. The summed E-state index contributed by atoms with van der Waals surface area (Å²) in [5, 5.41) is 6.96. The molecule has 0 spiro atoms. The molecule has 0 radical (unpaired) electrons. The summed E-state index contributed by atoms with van der Waals surface area (Å²) in [6.45, 7) is 1.96. The van der Waals surface area contributed by atoms with E-state index in [0.29, 0.717) is 0 Å². The van der Waals surface area contributed by atoms with Crippen molar-refractivity contribution in [2.24, 2.45) is 11.8 Å². The number of rotatable bonds is 9. The summed E-state index contributed by atoms with van der Waals surface area (Å²) in [4.78, 5) is 24.4. The van der Waals surface area contributed by atoms with Gasteiger partial charge in [-0.25, -0.2) is 0 Å². The topological polar surface area (TPSA) is 76.7 Å². The second-order valence-electron chi connectivity index (χ2n) is 7.66. The van der Waals surface area contributed by atoms with E-state index in [9.17, 15) is 9.59 Å². The first-order valence-corrected chi connectivity index (χ1v) is 10.3. The maximum atomic E-state index is 12.2. The third-order valence-electron chi connectivity index (χ3n) is 5.96. The number of piperidine rings is 2. The molecule has 0 saturated carbocycles. The first-order valence-electron chi connectivity index (χ1n) is 10.3. The lowest BCUT2D eigenvalue weighted by molar-refractivity contribution is -0.148. The number of carbonyl (C=O) groups is 2. The SMILES string of the molecule is COC(=O)C(CCCCC(C(=O)OC)C1CCCCN1)C1CCCCN1.Cl.Cl. The van der Waals surface area contributed by atoms with Crippen molar-refractivity contribution >= 4 is 36.8 Å². The lowest BCUT2D eigenvalue weighted by Crippen LogP contribution is -2.44. The van der Waals surface area contributed by atoms with Crippen LogP contribution in [0.4, 0.5) is 0 Å². The van der Waals surface area contributed by atoms with Crippen LogP contribution in [-0.4, -0.2) is 51.3 Å². The van der Waals surface area contributed by atoms with Gasteiger partial charge in [-0.15, -0.1) is 24.8 Å². The molecule has 2 aliphatic rings. The third kappa shape index (κ3) is 8.44. The highest BCUT2D eigenvalue weighted by Gasteiger charge is 2.32. The number of ether oxygens (including phenoxy) is 2. The van der Waals surface area contributed by atoms with Crippen molar-refractivity contribution in [1.29, 1.82) is 0 Å². The largest absolute Gasteiger partial charge is 0.469 e. The highest BCUT2D eigenvalue weighted by Crippen LogP contribution is 2.25. The fourth-order valence-corrected chi connectivity index (χ4v) is 4.44. The Balaban J connectivity index is 0.00000364. The van der Waals surface area contributed by atoms with Gasteiger partial charge in [-0.3, -0.25) is 9.59 Å². The number of hydrogen-bond acceptors (Lipinski definition) is 6.